The smallest absolute Gasteiger partial charge is 0.242 e. The molecule has 2 atom stereocenters. The van der Waals surface area contributed by atoms with E-state index < -0.39 is 22.2 Å². The van der Waals surface area contributed by atoms with Gasteiger partial charge in [-0.15, -0.1) is 0 Å². The second-order valence-corrected chi connectivity index (χ2v) is 6.68. The van der Waals surface area contributed by atoms with Crippen molar-refractivity contribution in [3.8, 4) is 0 Å². The third kappa shape index (κ3) is 4.01. The van der Waals surface area contributed by atoms with E-state index in [1.807, 2.05) is 6.92 Å². The lowest BCUT2D eigenvalue weighted by Gasteiger charge is -2.19. The Kier molecular flexibility index (Phi) is 5.49. The number of nitrogens with zero attached hydrogens (tertiary/aromatic N) is 1. The maximum atomic E-state index is 12.3. The molecular weight excluding hydrogens is 266 g/mol. The first-order valence-corrected chi connectivity index (χ1v) is 7.65. The Hall–Kier alpha value is -0.950. The molecule has 0 amide bonds. The Bertz CT molecular complexity index is 513. The number of benzene rings is 1. The summed E-state index contributed by atoms with van der Waals surface area (Å²) >= 11 is 0. The zero-order valence-electron chi connectivity index (χ0n) is 11.4. The summed E-state index contributed by atoms with van der Waals surface area (Å²) in [5, 5.41) is 19.0. The summed E-state index contributed by atoms with van der Waals surface area (Å²) in [5.41, 5.74) is 0.578. The Morgan fingerprint density at radius 3 is 2.47 bits per heavy atom. The normalized spacial score (nSPS) is 15.5. The summed E-state index contributed by atoms with van der Waals surface area (Å²) in [6, 6.07) is 6.26. The molecule has 0 fully saturated rings. The van der Waals surface area contributed by atoms with Gasteiger partial charge in [-0.1, -0.05) is 19.1 Å². The van der Waals surface area contributed by atoms with Crippen LogP contribution < -0.4 is 0 Å². The summed E-state index contributed by atoms with van der Waals surface area (Å²) in [7, 11) is -2.21. The molecule has 0 spiro atoms. The van der Waals surface area contributed by atoms with Crippen molar-refractivity contribution in [1.82, 2.24) is 4.31 Å². The Morgan fingerprint density at radius 1 is 1.32 bits per heavy atom. The lowest BCUT2D eigenvalue weighted by atomic mass is 10.1. The highest BCUT2D eigenvalue weighted by Crippen LogP contribution is 2.21. The zero-order chi connectivity index (χ0) is 14.6. The molecule has 0 heterocycles. The molecular formula is C13H21NO4S. The van der Waals surface area contributed by atoms with Crippen LogP contribution in [0.25, 0.3) is 0 Å². The van der Waals surface area contributed by atoms with Crippen LogP contribution in [-0.4, -0.2) is 42.6 Å². The van der Waals surface area contributed by atoms with E-state index in [2.05, 4.69) is 0 Å². The van der Waals surface area contributed by atoms with Gasteiger partial charge in [0.15, 0.2) is 0 Å². The molecule has 19 heavy (non-hydrogen) atoms. The van der Waals surface area contributed by atoms with Crippen LogP contribution in [0.2, 0.25) is 0 Å². The predicted octanol–water partition coefficient (Wildman–Crippen LogP) is 1.13. The number of likely N-dealkylation sites (N-methyl/N-ethyl adjacent to an activating group) is 1. The number of aliphatic hydroxyl groups is 2. The van der Waals surface area contributed by atoms with Crippen LogP contribution in [-0.2, 0) is 10.0 Å². The maximum Gasteiger partial charge on any atom is 0.242 e. The summed E-state index contributed by atoms with van der Waals surface area (Å²) in [4.78, 5) is 0.126. The monoisotopic (exact) mass is 287 g/mol. The number of rotatable bonds is 6. The average Bonchev–Trinajstić information content (AvgIpc) is 2.37. The van der Waals surface area contributed by atoms with Crippen molar-refractivity contribution in [2.45, 2.75) is 37.4 Å². The largest absolute Gasteiger partial charge is 0.392 e. The van der Waals surface area contributed by atoms with Crippen molar-refractivity contribution in [2.24, 2.45) is 0 Å². The highest BCUT2D eigenvalue weighted by Gasteiger charge is 2.22. The van der Waals surface area contributed by atoms with Crippen LogP contribution in [0.1, 0.15) is 31.9 Å². The van der Waals surface area contributed by atoms with Gasteiger partial charge in [-0.25, -0.2) is 8.42 Å². The first-order chi connectivity index (χ1) is 8.78. The molecule has 2 unspecified atom stereocenters. The first kappa shape index (κ1) is 16.1. The van der Waals surface area contributed by atoms with Gasteiger partial charge >= 0.3 is 0 Å². The number of hydrogen-bond acceptors (Lipinski definition) is 4. The zero-order valence-corrected chi connectivity index (χ0v) is 12.3. The molecule has 1 aromatic carbocycles. The molecule has 1 aromatic rings. The van der Waals surface area contributed by atoms with E-state index >= 15 is 0 Å². The Balaban J connectivity index is 3.08. The van der Waals surface area contributed by atoms with Gasteiger partial charge in [0.2, 0.25) is 10.0 Å². The van der Waals surface area contributed by atoms with Gasteiger partial charge in [-0.3, -0.25) is 0 Å². The summed E-state index contributed by atoms with van der Waals surface area (Å²) in [6.07, 6.45) is -0.881. The molecule has 6 heteroatoms. The van der Waals surface area contributed by atoms with E-state index in [1.54, 1.807) is 12.1 Å². The Morgan fingerprint density at radius 2 is 1.95 bits per heavy atom. The lowest BCUT2D eigenvalue weighted by Crippen LogP contribution is -2.33. The number of hydrogen-bond donors (Lipinski definition) is 2. The van der Waals surface area contributed by atoms with Crippen molar-refractivity contribution < 1.29 is 18.6 Å². The van der Waals surface area contributed by atoms with Crippen LogP contribution in [0.5, 0.6) is 0 Å². The van der Waals surface area contributed by atoms with Gasteiger partial charge in [-0.2, -0.15) is 4.31 Å². The topological polar surface area (TPSA) is 77.8 Å². The van der Waals surface area contributed by atoms with E-state index in [0.717, 1.165) is 4.31 Å². The predicted molar refractivity (Wildman–Crippen MR) is 73.2 cm³/mol. The van der Waals surface area contributed by atoms with E-state index in [0.29, 0.717) is 12.0 Å². The molecule has 0 aromatic heterocycles. The summed E-state index contributed by atoms with van der Waals surface area (Å²) in [6.45, 7) is 3.39. The molecule has 0 bridgehead atoms. The van der Waals surface area contributed by atoms with Crippen molar-refractivity contribution in [1.29, 1.82) is 0 Å². The molecule has 5 nitrogen and oxygen atoms in total. The molecule has 2 N–H and O–H groups in total. The van der Waals surface area contributed by atoms with Crippen LogP contribution in [0.15, 0.2) is 29.2 Å². The molecule has 0 aliphatic carbocycles. The van der Waals surface area contributed by atoms with E-state index in [-0.39, 0.29) is 11.4 Å². The maximum absolute atomic E-state index is 12.3. The SMILES string of the molecule is CCC(O)c1cccc(S(=O)(=O)N(C)CC(C)O)c1. The molecule has 0 aliphatic rings. The van der Waals surface area contributed by atoms with Crippen LogP contribution in [0.3, 0.4) is 0 Å². The number of sulfonamides is 1. The molecule has 0 saturated carbocycles. The second kappa shape index (κ2) is 6.47. The van der Waals surface area contributed by atoms with Crippen molar-refractivity contribution in [3.63, 3.8) is 0 Å². The minimum absolute atomic E-state index is 0.0306. The number of aliphatic hydroxyl groups excluding tert-OH is 2. The van der Waals surface area contributed by atoms with Crippen molar-refractivity contribution in [3.05, 3.63) is 29.8 Å². The highest BCUT2D eigenvalue weighted by atomic mass is 32.2. The molecule has 1 rings (SSSR count). The van der Waals surface area contributed by atoms with E-state index in [4.69, 9.17) is 0 Å². The van der Waals surface area contributed by atoms with Crippen LogP contribution >= 0.6 is 0 Å². The summed E-state index contributed by atoms with van der Waals surface area (Å²) < 4.78 is 25.6. The molecule has 0 radical (unpaired) electrons. The van der Waals surface area contributed by atoms with E-state index in [9.17, 15) is 18.6 Å². The van der Waals surface area contributed by atoms with Gasteiger partial charge in [0, 0.05) is 13.6 Å². The van der Waals surface area contributed by atoms with E-state index in [1.165, 1.54) is 26.1 Å². The molecule has 0 aliphatic heterocycles. The van der Waals surface area contributed by atoms with Crippen molar-refractivity contribution >= 4 is 10.0 Å². The van der Waals surface area contributed by atoms with Crippen molar-refractivity contribution in [2.75, 3.05) is 13.6 Å². The lowest BCUT2D eigenvalue weighted by molar-refractivity contribution is 0.170. The fraction of sp³-hybridized carbons (Fsp3) is 0.538. The quantitative estimate of drug-likeness (QED) is 0.822. The highest BCUT2D eigenvalue weighted by molar-refractivity contribution is 7.89. The second-order valence-electron chi connectivity index (χ2n) is 4.63. The van der Waals surface area contributed by atoms with Gasteiger partial charge in [0.05, 0.1) is 17.1 Å². The summed E-state index contributed by atoms with van der Waals surface area (Å²) in [5.74, 6) is 0. The first-order valence-electron chi connectivity index (χ1n) is 6.21. The van der Waals surface area contributed by atoms with Crippen LogP contribution in [0, 0.1) is 0 Å². The molecule has 108 valence electrons. The third-order valence-corrected chi connectivity index (χ3v) is 4.68. The third-order valence-electron chi connectivity index (χ3n) is 2.86. The van der Waals surface area contributed by atoms with Gasteiger partial charge in [0.1, 0.15) is 0 Å². The van der Waals surface area contributed by atoms with Gasteiger partial charge < -0.3 is 10.2 Å². The Labute approximate surface area is 114 Å². The minimum Gasteiger partial charge on any atom is -0.392 e. The average molecular weight is 287 g/mol. The van der Waals surface area contributed by atoms with Gasteiger partial charge in [0.25, 0.3) is 0 Å². The fourth-order valence-electron chi connectivity index (χ4n) is 1.77. The minimum atomic E-state index is -3.64. The fourth-order valence-corrected chi connectivity index (χ4v) is 3.08. The molecule has 0 saturated heterocycles. The van der Waals surface area contributed by atoms with Gasteiger partial charge in [-0.05, 0) is 31.0 Å². The standard InChI is InChI=1S/C13H21NO4S/c1-4-13(16)11-6-5-7-12(8-11)19(17,18)14(3)9-10(2)15/h5-8,10,13,15-16H,4,9H2,1-3H3. The van der Waals surface area contributed by atoms with Crippen LogP contribution in [0.4, 0.5) is 0 Å².